The fourth-order valence-electron chi connectivity index (χ4n) is 6.45. The van der Waals surface area contributed by atoms with Gasteiger partial charge in [0.1, 0.15) is 23.0 Å². The van der Waals surface area contributed by atoms with E-state index in [9.17, 15) is 9.90 Å². The first-order chi connectivity index (χ1) is 22.6. The zero-order valence-corrected chi connectivity index (χ0v) is 33.8. The first-order valence-corrected chi connectivity index (χ1v) is 17.7. The SMILES string of the molecule is CCC(CC)C(=O)/C=C(\O)C(CC)CC.Cc1ccc2[c-]c(-c3ncnc4c3oc3cc(CC(C)(C)C)ccc34)cc(C(C)(C)C)c2c1.[Ir]. The summed E-state index contributed by atoms with van der Waals surface area (Å²) in [6, 6.07) is 18.9. The summed E-state index contributed by atoms with van der Waals surface area (Å²) in [5, 5.41) is 13.1. The Kier molecular flexibility index (Phi) is 13.6. The van der Waals surface area contributed by atoms with E-state index >= 15 is 0 Å². The van der Waals surface area contributed by atoms with Crippen LogP contribution in [0.25, 0.3) is 44.1 Å². The van der Waals surface area contributed by atoms with Gasteiger partial charge in [0, 0.05) is 43.4 Å². The Morgan fingerprint density at radius 1 is 0.878 bits per heavy atom. The molecule has 0 saturated heterocycles. The third-order valence-electron chi connectivity index (χ3n) is 9.22. The number of hydrogen-bond acceptors (Lipinski definition) is 5. The Labute approximate surface area is 307 Å². The van der Waals surface area contributed by atoms with Crippen molar-refractivity contribution in [1.82, 2.24) is 9.97 Å². The molecule has 2 aromatic heterocycles. The van der Waals surface area contributed by atoms with Gasteiger partial charge in [-0.3, -0.25) is 9.78 Å². The molecule has 3 aromatic carbocycles. The standard InChI is InChI=1S/C30H31N2O.C13H24O2.Ir/c1-18-8-10-20-14-21(15-24(23(20)12-18)30(5,6)7)26-28-27(32-17-31-26)22-11-9-19(13-25(22)33-28)16-29(2,3)4;1-5-10(6-2)12(14)9-13(15)11(7-3)8-4;/h8-13,15,17H,16H2,1-7H3;9-11,14H,5-8H2,1-4H3;/q-1;;/b;12-9-;. The van der Waals surface area contributed by atoms with E-state index < -0.39 is 0 Å². The normalized spacial score (nSPS) is 12.5. The number of benzene rings is 3. The molecule has 0 aliphatic rings. The number of rotatable bonds is 9. The number of carbonyl (C=O) groups is 1. The Balaban J connectivity index is 0.000000347. The molecule has 265 valence electrons. The average Bonchev–Trinajstić information content (AvgIpc) is 3.38. The summed E-state index contributed by atoms with van der Waals surface area (Å²) in [5.41, 5.74) is 8.18. The molecule has 49 heavy (non-hydrogen) atoms. The number of carbonyl (C=O) groups excluding carboxylic acids is 1. The van der Waals surface area contributed by atoms with Crippen molar-refractivity contribution >= 4 is 38.6 Å². The van der Waals surface area contributed by atoms with Crippen molar-refractivity contribution in [2.45, 2.75) is 114 Å². The van der Waals surface area contributed by atoms with E-state index in [1.54, 1.807) is 6.33 Å². The predicted molar refractivity (Wildman–Crippen MR) is 202 cm³/mol. The van der Waals surface area contributed by atoms with E-state index in [-0.39, 0.29) is 54.3 Å². The maximum atomic E-state index is 11.7. The molecule has 0 saturated carbocycles. The fraction of sp³-hybridized carbons (Fsp3) is 0.465. The van der Waals surface area contributed by atoms with Crippen LogP contribution in [0.1, 0.15) is 112 Å². The minimum Gasteiger partial charge on any atom is -0.512 e. The summed E-state index contributed by atoms with van der Waals surface area (Å²) in [4.78, 5) is 21.0. The Morgan fingerprint density at radius 2 is 1.53 bits per heavy atom. The van der Waals surface area contributed by atoms with Gasteiger partial charge in [-0.1, -0.05) is 104 Å². The van der Waals surface area contributed by atoms with E-state index in [0.717, 1.165) is 70.8 Å². The second-order valence-corrected chi connectivity index (χ2v) is 15.5. The summed E-state index contributed by atoms with van der Waals surface area (Å²) in [6.45, 7) is 23.7. The number of hydrogen-bond donors (Lipinski definition) is 1. The van der Waals surface area contributed by atoms with Gasteiger partial charge in [-0.25, -0.2) is 4.98 Å². The zero-order chi connectivity index (χ0) is 35.4. The van der Waals surface area contributed by atoms with Gasteiger partial charge in [-0.05, 0) is 67.6 Å². The number of allylic oxidation sites excluding steroid dienone is 2. The van der Waals surface area contributed by atoms with Crippen LogP contribution in [0.5, 0.6) is 0 Å². The third-order valence-corrected chi connectivity index (χ3v) is 9.22. The number of ketones is 1. The molecule has 0 aliphatic heterocycles. The van der Waals surface area contributed by atoms with Gasteiger partial charge in [0.2, 0.25) is 0 Å². The van der Waals surface area contributed by atoms with Crippen LogP contribution in [0.15, 0.2) is 65.0 Å². The zero-order valence-electron chi connectivity index (χ0n) is 31.4. The largest absolute Gasteiger partial charge is 0.512 e. The summed E-state index contributed by atoms with van der Waals surface area (Å²) < 4.78 is 6.40. The van der Waals surface area contributed by atoms with Crippen LogP contribution in [0.4, 0.5) is 0 Å². The molecule has 6 heteroatoms. The summed E-state index contributed by atoms with van der Waals surface area (Å²) in [5.74, 6) is 0.547. The minimum absolute atomic E-state index is 0. The number of aliphatic hydroxyl groups is 1. The minimum atomic E-state index is -0.0161. The molecule has 0 atom stereocenters. The van der Waals surface area contributed by atoms with Crippen LogP contribution in [0, 0.1) is 30.2 Å². The van der Waals surface area contributed by atoms with Crippen molar-refractivity contribution in [3.63, 3.8) is 0 Å². The van der Waals surface area contributed by atoms with Crippen LogP contribution in [-0.4, -0.2) is 20.9 Å². The maximum absolute atomic E-state index is 11.7. The Bertz CT molecular complexity index is 1920. The van der Waals surface area contributed by atoms with Gasteiger partial charge in [0.15, 0.2) is 5.78 Å². The van der Waals surface area contributed by atoms with Crippen LogP contribution >= 0.6 is 0 Å². The maximum Gasteiger partial charge on any atom is 0.162 e. The average molecular weight is 840 g/mol. The monoisotopic (exact) mass is 840 g/mol. The molecular formula is C43H55IrN2O3-. The van der Waals surface area contributed by atoms with Gasteiger partial charge in [-0.15, -0.1) is 29.1 Å². The second-order valence-electron chi connectivity index (χ2n) is 15.5. The molecule has 1 radical (unpaired) electrons. The summed E-state index contributed by atoms with van der Waals surface area (Å²) in [7, 11) is 0. The van der Waals surface area contributed by atoms with Crippen molar-refractivity contribution < 1.29 is 34.4 Å². The summed E-state index contributed by atoms with van der Waals surface area (Å²) >= 11 is 0. The van der Waals surface area contributed by atoms with Crippen molar-refractivity contribution in [2.75, 3.05) is 0 Å². The Hall–Kier alpha value is -3.34. The van der Waals surface area contributed by atoms with Gasteiger partial charge in [0.25, 0.3) is 0 Å². The molecule has 0 aliphatic carbocycles. The Morgan fingerprint density at radius 3 is 2.12 bits per heavy atom. The molecular weight excluding hydrogens is 785 g/mol. The number of furan rings is 1. The van der Waals surface area contributed by atoms with Crippen molar-refractivity contribution in [3.05, 3.63) is 83.4 Å². The number of aryl methyl sites for hydroxylation is 1. The molecule has 0 fully saturated rings. The molecule has 1 N–H and O–H groups in total. The van der Waals surface area contributed by atoms with Crippen LogP contribution in [0.3, 0.4) is 0 Å². The first kappa shape index (κ1) is 40.1. The van der Waals surface area contributed by atoms with Gasteiger partial charge >= 0.3 is 0 Å². The van der Waals surface area contributed by atoms with E-state index in [0.29, 0.717) is 0 Å². The molecule has 0 spiro atoms. The van der Waals surface area contributed by atoms with E-state index in [1.165, 1.54) is 28.2 Å². The van der Waals surface area contributed by atoms with E-state index in [1.807, 2.05) is 27.7 Å². The molecule has 5 nitrogen and oxygen atoms in total. The van der Waals surface area contributed by atoms with Crippen LogP contribution in [0.2, 0.25) is 0 Å². The number of nitrogens with zero attached hydrogens (tertiary/aromatic N) is 2. The summed E-state index contributed by atoms with van der Waals surface area (Å²) in [6.07, 6.45) is 7.54. The molecule has 5 rings (SSSR count). The first-order valence-electron chi connectivity index (χ1n) is 17.7. The van der Waals surface area contributed by atoms with E-state index in [2.05, 4.69) is 107 Å². The van der Waals surface area contributed by atoms with Crippen molar-refractivity contribution in [3.8, 4) is 11.3 Å². The molecule has 2 heterocycles. The smallest absolute Gasteiger partial charge is 0.162 e. The van der Waals surface area contributed by atoms with Crippen LogP contribution < -0.4 is 0 Å². The molecule has 0 bridgehead atoms. The number of fused-ring (bicyclic) bond motifs is 4. The van der Waals surface area contributed by atoms with Crippen LogP contribution in [-0.2, 0) is 36.7 Å². The van der Waals surface area contributed by atoms with Gasteiger partial charge in [-0.2, -0.15) is 0 Å². The topological polar surface area (TPSA) is 76.2 Å². The molecule has 0 unspecified atom stereocenters. The fourth-order valence-corrected chi connectivity index (χ4v) is 6.45. The van der Waals surface area contributed by atoms with Gasteiger partial charge in [0.05, 0.1) is 11.5 Å². The quantitative estimate of drug-likeness (QED) is 0.0909. The van der Waals surface area contributed by atoms with E-state index in [4.69, 9.17) is 4.42 Å². The van der Waals surface area contributed by atoms with Crippen molar-refractivity contribution in [1.29, 1.82) is 0 Å². The molecule has 0 amide bonds. The molecule has 5 aromatic rings. The predicted octanol–water partition coefficient (Wildman–Crippen LogP) is 12.1. The van der Waals surface area contributed by atoms with Gasteiger partial charge < -0.3 is 9.52 Å². The number of aromatic nitrogens is 2. The second kappa shape index (κ2) is 16.6. The van der Waals surface area contributed by atoms with Crippen molar-refractivity contribution in [2.24, 2.45) is 17.3 Å². The number of aliphatic hydroxyl groups excluding tert-OH is 1. The third kappa shape index (κ3) is 9.67.